The van der Waals surface area contributed by atoms with Crippen molar-refractivity contribution in [1.82, 2.24) is 0 Å². The maximum Gasteiger partial charge on any atom is 0.330 e. The van der Waals surface area contributed by atoms with Crippen molar-refractivity contribution in [3.8, 4) is 0 Å². The summed E-state index contributed by atoms with van der Waals surface area (Å²) in [5.74, 6) is -0.885. The van der Waals surface area contributed by atoms with Crippen LogP contribution in [0.1, 0.15) is 25.7 Å². The van der Waals surface area contributed by atoms with Crippen LogP contribution in [0.5, 0.6) is 0 Å². The fraction of sp³-hybridized carbons (Fsp3) is 0.684. The molecule has 27 heavy (non-hydrogen) atoms. The minimum atomic E-state index is -0.443. The van der Waals surface area contributed by atoms with Crippen LogP contribution in [0.25, 0.3) is 0 Å². The summed E-state index contributed by atoms with van der Waals surface area (Å²) < 4.78 is 32.4. The Morgan fingerprint density at radius 3 is 1.48 bits per heavy atom. The summed E-state index contributed by atoms with van der Waals surface area (Å²) in [7, 11) is 0. The number of ether oxygens (including phenoxy) is 6. The predicted molar refractivity (Wildman–Crippen MR) is 94.9 cm³/mol. The van der Waals surface area contributed by atoms with Gasteiger partial charge in [0.1, 0.15) is 20.0 Å². The van der Waals surface area contributed by atoms with Gasteiger partial charge in [-0.3, -0.25) is 0 Å². The van der Waals surface area contributed by atoms with E-state index >= 15 is 0 Å². The van der Waals surface area contributed by atoms with Crippen molar-refractivity contribution in [3.63, 3.8) is 0 Å². The Kier molecular flexibility index (Phi) is 9.47. The van der Waals surface area contributed by atoms with E-state index in [-0.39, 0.29) is 44.4 Å². The van der Waals surface area contributed by atoms with Crippen molar-refractivity contribution in [2.45, 2.75) is 50.1 Å². The van der Waals surface area contributed by atoms with E-state index in [4.69, 9.17) is 28.4 Å². The standard InChI is InChI=1S/C19H28O8/c1-3-18(20)24-11-16-7-5-14(26-16)9-22-13-23-10-15-6-8-17(27-15)12-25-19(21)4-2/h3-4,14-17H,1-2,5-13H2. The summed E-state index contributed by atoms with van der Waals surface area (Å²) in [6.45, 7) is 8.19. The molecule has 0 saturated carbocycles. The van der Waals surface area contributed by atoms with Gasteiger partial charge in [0.25, 0.3) is 0 Å². The fourth-order valence-corrected chi connectivity index (χ4v) is 2.94. The molecule has 0 spiro atoms. The molecule has 0 aromatic carbocycles. The van der Waals surface area contributed by atoms with Crippen LogP contribution in [0.2, 0.25) is 0 Å². The zero-order valence-electron chi connectivity index (χ0n) is 15.5. The first-order valence-electron chi connectivity index (χ1n) is 9.15. The highest BCUT2D eigenvalue weighted by Gasteiger charge is 2.27. The number of carbonyl (C=O) groups is 2. The first kappa shape index (κ1) is 21.6. The zero-order valence-corrected chi connectivity index (χ0v) is 15.5. The van der Waals surface area contributed by atoms with Gasteiger partial charge in [0, 0.05) is 12.2 Å². The van der Waals surface area contributed by atoms with Crippen molar-refractivity contribution in [2.24, 2.45) is 0 Å². The minimum absolute atomic E-state index is 0.0207. The molecule has 152 valence electrons. The molecule has 0 amide bonds. The van der Waals surface area contributed by atoms with E-state index in [9.17, 15) is 9.59 Å². The second-order valence-electron chi connectivity index (χ2n) is 6.44. The highest BCUT2D eigenvalue weighted by molar-refractivity contribution is 5.81. The monoisotopic (exact) mass is 384 g/mol. The van der Waals surface area contributed by atoms with E-state index in [2.05, 4.69) is 13.2 Å². The largest absolute Gasteiger partial charge is 0.460 e. The van der Waals surface area contributed by atoms with Gasteiger partial charge in [0.2, 0.25) is 0 Å². The molecule has 2 aliphatic heterocycles. The molecule has 2 rings (SSSR count). The molecule has 2 saturated heterocycles. The first-order chi connectivity index (χ1) is 13.1. The first-order valence-corrected chi connectivity index (χ1v) is 9.15. The van der Waals surface area contributed by atoms with Crippen LogP contribution in [-0.4, -0.2) is 69.6 Å². The molecule has 0 N–H and O–H groups in total. The van der Waals surface area contributed by atoms with Gasteiger partial charge in [-0.25, -0.2) is 9.59 Å². The van der Waals surface area contributed by atoms with Crippen molar-refractivity contribution in [1.29, 1.82) is 0 Å². The normalized spacial score (nSPS) is 27.3. The van der Waals surface area contributed by atoms with E-state index in [1.54, 1.807) is 0 Å². The van der Waals surface area contributed by atoms with Crippen molar-refractivity contribution < 1.29 is 38.0 Å². The van der Waals surface area contributed by atoms with Crippen LogP contribution in [0, 0.1) is 0 Å². The Morgan fingerprint density at radius 2 is 1.11 bits per heavy atom. The molecule has 0 aliphatic carbocycles. The fourth-order valence-electron chi connectivity index (χ4n) is 2.94. The van der Waals surface area contributed by atoms with E-state index in [0.717, 1.165) is 37.8 Å². The van der Waals surface area contributed by atoms with Gasteiger partial charge in [-0.15, -0.1) is 0 Å². The Labute approximate surface area is 159 Å². The average Bonchev–Trinajstić information content (AvgIpc) is 3.33. The molecule has 0 aromatic heterocycles. The smallest absolute Gasteiger partial charge is 0.330 e. The summed E-state index contributed by atoms with van der Waals surface area (Å²) in [4.78, 5) is 22.1. The minimum Gasteiger partial charge on any atom is -0.460 e. The third kappa shape index (κ3) is 8.21. The molecule has 0 aromatic rings. The molecular formula is C19H28O8. The Balaban J connectivity index is 1.46. The van der Waals surface area contributed by atoms with Crippen LogP contribution >= 0.6 is 0 Å². The summed E-state index contributed by atoms with van der Waals surface area (Å²) in [6, 6.07) is 0. The second kappa shape index (κ2) is 11.9. The van der Waals surface area contributed by atoms with Crippen molar-refractivity contribution in [2.75, 3.05) is 33.2 Å². The molecule has 0 radical (unpaired) electrons. The molecule has 8 nitrogen and oxygen atoms in total. The van der Waals surface area contributed by atoms with Crippen LogP contribution in [0.3, 0.4) is 0 Å². The quantitative estimate of drug-likeness (QED) is 0.217. The van der Waals surface area contributed by atoms with Gasteiger partial charge in [-0.2, -0.15) is 0 Å². The molecule has 2 aliphatic rings. The summed E-state index contributed by atoms with van der Waals surface area (Å²) >= 11 is 0. The van der Waals surface area contributed by atoms with Crippen LogP contribution in [-0.2, 0) is 38.0 Å². The predicted octanol–water partition coefficient (Wildman–Crippen LogP) is 1.53. The van der Waals surface area contributed by atoms with Crippen molar-refractivity contribution >= 4 is 11.9 Å². The summed E-state index contributed by atoms with van der Waals surface area (Å²) in [5, 5.41) is 0. The number of hydrogen-bond acceptors (Lipinski definition) is 8. The number of esters is 2. The third-order valence-corrected chi connectivity index (χ3v) is 4.32. The van der Waals surface area contributed by atoms with Gasteiger partial charge in [-0.05, 0) is 25.7 Å². The molecule has 4 atom stereocenters. The van der Waals surface area contributed by atoms with Gasteiger partial charge in [-0.1, -0.05) is 13.2 Å². The molecule has 8 heteroatoms. The van der Waals surface area contributed by atoms with Gasteiger partial charge >= 0.3 is 11.9 Å². The lowest BCUT2D eigenvalue weighted by Gasteiger charge is -2.15. The third-order valence-electron chi connectivity index (χ3n) is 4.32. The topological polar surface area (TPSA) is 89.5 Å². The summed E-state index contributed by atoms with van der Waals surface area (Å²) in [5.41, 5.74) is 0. The maximum absolute atomic E-state index is 11.0. The highest BCUT2D eigenvalue weighted by atomic mass is 16.7. The van der Waals surface area contributed by atoms with Crippen LogP contribution in [0.15, 0.2) is 25.3 Å². The Hall–Kier alpha value is -1.74. The molecular weight excluding hydrogens is 356 g/mol. The number of rotatable bonds is 12. The van der Waals surface area contributed by atoms with Gasteiger partial charge < -0.3 is 28.4 Å². The lowest BCUT2D eigenvalue weighted by molar-refractivity contribution is -0.144. The lowest BCUT2D eigenvalue weighted by atomic mass is 10.2. The highest BCUT2D eigenvalue weighted by Crippen LogP contribution is 2.21. The van der Waals surface area contributed by atoms with E-state index in [0.29, 0.717) is 13.2 Å². The Morgan fingerprint density at radius 1 is 0.741 bits per heavy atom. The van der Waals surface area contributed by atoms with Crippen LogP contribution < -0.4 is 0 Å². The molecule has 2 heterocycles. The number of hydrogen-bond donors (Lipinski definition) is 0. The molecule has 4 unspecified atom stereocenters. The number of carbonyl (C=O) groups excluding carboxylic acids is 2. The average molecular weight is 384 g/mol. The SMILES string of the molecule is C=CC(=O)OCC1CCC(COCOCC2CCC(COC(=O)C=C)O2)O1. The molecule has 0 bridgehead atoms. The van der Waals surface area contributed by atoms with Gasteiger partial charge in [0.05, 0.1) is 37.6 Å². The van der Waals surface area contributed by atoms with Crippen molar-refractivity contribution in [3.05, 3.63) is 25.3 Å². The summed E-state index contributed by atoms with van der Waals surface area (Å²) in [6.07, 6.45) is 5.40. The lowest BCUT2D eigenvalue weighted by Crippen LogP contribution is -2.23. The van der Waals surface area contributed by atoms with Crippen LogP contribution in [0.4, 0.5) is 0 Å². The second-order valence-corrected chi connectivity index (χ2v) is 6.44. The van der Waals surface area contributed by atoms with Gasteiger partial charge in [0.15, 0.2) is 0 Å². The Bertz CT molecular complexity index is 462. The van der Waals surface area contributed by atoms with E-state index < -0.39 is 11.9 Å². The van der Waals surface area contributed by atoms with E-state index in [1.165, 1.54) is 0 Å². The maximum atomic E-state index is 11.0. The van der Waals surface area contributed by atoms with E-state index in [1.807, 2.05) is 0 Å². The molecule has 2 fully saturated rings. The zero-order chi connectivity index (χ0) is 19.5.